The number of aromatic nitrogens is 1. The second kappa shape index (κ2) is 9.94. The quantitative estimate of drug-likeness (QED) is 0.176. The summed E-state index contributed by atoms with van der Waals surface area (Å²) in [5.41, 5.74) is 9.86. The first-order valence-corrected chi connectivity index (χ1v) is 16.3. The molecule has 1 aromatic heterocycles. The summed E-state index contributed by atoms with van der Waals surface area (Å²) < 4.78 is 2.38. The van der Waals surface area contributed by atoms with E-state index in [0.29, 0.717) is 0 Å². The average Bonchev–Trinajstić information content (AvgIpc) is 3.41. The zero-order valence-corrected chi connectivity index (χ0v) is 26.9. The summed E-state index contributed by atoms with van der Waals surface area (Å²) in [6, 6.07) is 51.1. The van der Waals surface area contributed by atoms with Gasteiger partial charge in [-0.1, -0.05) is 129 Å². The topological polar surface area (TPSA) is 4.93 Å². The van der Waals surface area contributed by atoms with Crippen molar-refractivity contribution in [1.82, 2.24) is 4.57 Å². The standard InChI is InChI=1S/C44H32ClN/c1-44(2,3)31-24-29-16-22-36-38(27-12-18-32(45)19-13-27)26-39(37-23-17-30(25-31)42(29)43(36)37)28-14-20-33(21-15-28)46-40-10-6-4-8-34(40)35-9-5-7-11-41(35)46/h4-26H,1-3H3. The van der Waals surface area contributed by atoms with Gasteiger partial charge in [0, 0.05) is 21.5 Å². The van der Waals surface area contributed by atoms with Gasteiger partial charge in [0.05, 0.1) is 11.0 Å². The molecule has 0 spiro atoms. The number of para-hydroxylation sites is 2. The molecule has 2 heteroatoms. The van der Waals surface area contributed by atoms with Crippen molar-refractivity contribution < 1.29 is 0 Å². The van der Waals surface area contributed by atoms with Crippen LogP contribution in [-0.2, 0) is 5.41 Å². The van der Waals surface area contributed by atoms with E-state index in [0.717, 1.165) is 10.7 Å². The Labute approximate surface area is 273 Å². The molecule has 0 atom stereocenters. The Balaban J connectivity index is 1.30. The molecule has 1 heterocycles. The van der Waals surface area contributed by atoms with Crippen molar-refractivity contribution in [1.29, 1.82) is 0 Å². The fourth-order valence-corrected chi connectivity index (χ4v) is 7.57. The first-order chi connectivity index (χ1) is 22.3. The van der Waals surface area contributed by atoms with Gasteiger partial charge in [-0.05, 0) is 108 Å². The summed E-state index contributed by atoms with van der Waals surface area (Å²) in [6.45, 7) is 6.87. The Bertz CT molecular complexity index is 2530. The van der Waals surface area contributed by atoms with Gasteiger partial charge in [0.2, 0.25) is 0 Å². The highest BCUT2D eigenvalue weighted by molar-refractivity contribution is 6.31. The molecule has 9 aromatic rings. The summed E-state index contributed by atoms with van der Waals surface area (Å²) in [6.07, 6.45) is 0. The van der Waals surface area contributed by atoms with Gasteiger partial charge < -0.3 is 4.57 Å². The molecule has 0 N–H and O–H groups in total. The lowest BCUT2D eigenvalue weighted by molar-refractivity contribution is 0.591. The van der Waals surface area contributed by atoms with Crippen LogP contribution in [0.15, 0.2) is 140 Å². The molecule has 0 amide bonds. The van der Waals surface area contributed by atoms with Gasteiger partial charge in [0.15, 0.2) is 0 Å². The van der Waals surface area contributed by atoms with Gasteiger partial charge in [-0.3, -0.25) is 0 Å². The van der Waals surface area contributed by atoms with Crippen LogP contribution in [0.5, 0.6) is 0 Å². The zero-order valence-electron chi connectivity index (χ0n) is 26.1. The first-order valence-electron chi connectivity index (χ1n) is 16.0. The maximum absolute atomic E-state index is 6.35. The van der Waals surface area contributed by atoms with Crippen molar-refractivity contribution in [2.24, 2.45) is 0 Å². The summed E-state index contributed by atoms with van der Waals surface area (Å²) in [5, 5.41) is 11.1. The number of nitrogens with zero attached hydrogens (tertiary/aromatic N) is 1. The number of rotatable bonds is 3. The van der Waals surface area contributed by atoms with E-state index in [-0.39, 0.29) is 5.41 Å². The molecule has 1 nitrogen and oxygen atoms in total. The monoisotopic (exact) mass is 609 g/mol. The first kappa shape index (κ1) is 27.2. The predicted octanol–water partition coefficient (Wildman–Crippen LogP) is 13.0. The van der Waals surface area contributed by atoms with Gasteiger partial charge in [0.1, 0.15) is 0 Å². The van der Waals surface area contributed by atoms with Crippen LogP contribution in [0.25, 0.3) is 82.1 Å². The van der Waals surface area contributed by atoms with Crippen LogP contribution >= 0.6 is 11.6 Å². The van der Waals surface area contributed by atoms with E-state index in [1.165, 1.54) is 81.9 Å². The highest BCUT2D eigenvalue weighted by Crippen LogP contribution is 2.45. The summed E-state index contributed by atoms with van der Waals surface area (Å²) in [4.78, 5) is 0. The smallest absolute Gasteiger partial charge is 0.0541 e. The molecule has 8 aromatic carbocycles. The fraction of sp³-hybridized carbons (Fsp3) is 0.0909. The van der Waals surface area contributed by atoms with Crippen molar-refractivity contribution in [2.45, 2.75) is 26.2 Å². The third-order valence-electron chi connectivity index (χ3n) is 9.75. The average molecular weight is 610 g/mol. The Kier molecular flexibility index (Phi) is 5.88. The summed E-state index contributed by atoms with van der Waals surface area (Å²) >= 11 is 6.35. The normalized spacial score (nSPS) is 12.3. The molecule has 220 valence electrons. The molecule has 0 aliphatic carbocycles. The molecule has 9 rings (SSSR count). The van der Waals surface area contributed by atoms with Crippen molar-refractivity contribution >= 4 is 65.7 Å². The minimum atomic E-state index is 0.0716. The molecular weight excluding hydrogens is 578 g/mol. The van der Waals surface area contributed by atoms with Crippen molar-refractivity contribution in [3.05, 3.63) is 150 Å². The molecule has 0 aliphatic rings. The zero-order chi connectivity index (χ0) is 31.2. The van der Waals surface area contributed by atoms with E-state index in [9.17, 15) is 0 Å². The third-order valence-corrected chi connectivity index (χ3v) is 10.0. The summed E-state index contributed by atoms with van der Waals surface area (Å²) in [7, 11) is 0. The van der Waals surface area contributed by atoms with E-state index in [2.05, 4.69) is 153 Å². The van der Waals surface area contributed by atoms with Crippen LogP contribution in [0.2, 0.25) is 5.02 Å². The van der Waals surface area contributed by atoms with Gasteiger partial charge in [0.25, 0.3) is 0 Å². The lowest BCUT2D eigenvalue weighted by atomic mass is 9.81. The molecule has 0 bridgehead atoms. The van der Waals surface area contributed by atoms with E-state index in [1.807, 2.05) is 12.1 Å². The van der Waals surface area contributed by atoms with Crippen LogP contribution in [0, 0.1) is 0 Å². The van der Waals surface area contributed by atoms with Crippen LogP contribution in [0.3, 0.4) is 0 Å². The Hall–Kier alpha value is -5.11. The Morgan fingerprint density at radius 3 is 1.50 bits per heavy atom. The highest BCUT2D eigenvalue weighted by atomic mass is 35.5. The maximum Gasteiger partial charge on any atom is 0.0541 e. The van der Waals surface area contributed by atoms with Crippen LogP contribution in [0.1, 0.15) is 26.3 Å². The minimum Gasteiger partial charge on any atom is -0.309 e. The van der Waals surface area contributed by atoms with Crippen LogP contribution in [0.4, 0.5) is 0 Å². The van der Waals surface area contributed by atoms with Gasteiger partial charge in [-0.2, -0.15) is 0 Å². The number of halogens is 1. The lowest BCUT2D eigenvalue weighted by Gasteiger charge is -2.23. The molecule has 0 saturated carbocycles. The summed E-state index contributed by atoms with van der Waals surface area (Å²) in [5.74, 6) is 0. The SMILES string of the molecule is CC(C)(C)c1cc2ccc3c(-c4ccc(Cl)cc4)cc(-c4ccc(-n5c6ccccc6c6ccccc65)cc4)c4ccc(c1)c2c34. The Morgan fingerprint density at radius 1 is 0.478 bits per heavy atom. The maximum atomic E-state index is 6.35. The molecule has 0 unspecified atom stereocenters. The van der Waals surface area contributed by atoms with Gasteiger partial charge in [-0.25, -0.2) is 0 Å². The minimum absolute atomic E-state index is 0.0716. The van der Waals surface area contributed by atoms with E-state index >= 15 is 0 Å². The predicted molar refractivity (Wildman–Crippen MR) is 199 cm³/mol. The molecule has 0 saturated heterocycles. The molecular formula is C44H32ClN. The van der Waals surface area contributed by atoms with Crippen LogP contribution in [-0.4, -0.2) is 4.57 Å². The van der Waals surface area contributed by atoms with Crippen molar-refractivity contribution in [2.75, 3.05) is 0 Å². The fourth-order valence-electron chi connectivity index (χ4n) is 7.45. The largest absolute Gasteiger partial charge is 0.309 e. The van der Waals surface area contributed by atoms with E-state index in [1.54, 1.807) is 0 Å². The van der Waals surface area contributed by atoms with Gasteiger partial charge >= 0.3 is 0 Å². The van der Waals surface area contributed by atoms with E-state index < -0.39 is 0 Å². The molecule has 0 fully saturated rings. The second-order valence-corrected chi connectivity index (χ2v) is 14.0. The molecule has 0 aliphatic heterocycles. The van der Waals surface area contributed by atoms with Crippen LogP contribution < -0.4 is 0 Å². The van der Waals surface area contributed by atoms with Crippen molar-refractivity contribution in [3.8, 4) is 27.9 Å². The molecule has 0 radical (unpaired) electrons. The number of hydrogen-bond donors (Lipinski definition) is 0. The third kappa shape index (κ3) is 4.09. The number of hydrogen-bond acceptors (Lipinski definition) is 0. The Morgan fingerprint density at radius 2 is 0.978 bits per heavy atom. The molecule has 46 heavy (non-hydrogen) atoms. The van der Waals surface area contributed by atoms with Gasteiger partial charge in [-0.15, -0.1) is 0 Å². The van der Waals surface area contributed by atoms with E-state index in [4.69, 9.17) is 11.6 Å². The second-order valence-electron chi connectivity index (χ2n) is 13.5. The van der Waals surface area contributed by atoms with Crippen molar-refractivity contribution in [3.63, 3.8) is 0 Å². The number of fused-ring (bicyclic) bond motifs is 3. The number of benzene rings is 8. The highest BCUT2D eigenvalue weighted by Gasteiger charge is 2.20. The lowest BCUT2D eigenvalue weighted by Crippen LogP contribution is -2.10.